The van der Waals surface area contributed by atoms with E-state index in [0.717, 1.165) is 19.5 Å². The number of carbonyl (C=O) groups is 1. The summed E-state index contributed by atoms with van der Waals surface area (Å²) in [4.78, 5) is 12.6. The molecule has 0 spiro atoms. The molecule has 3 heteroatoms. The van der Waals surface area contributed by atoms with E-state index in [4.69, 9.17) is 0 Å². The van der Waals surface area contributed by atoms with E-state index >= 15 is 0 Å². The molecule has 2 rings (SSSR count). The van der Waals surface area contributed by atoms with E-state index in [9.17, 15) is 4.79 Å². The zero-order valence-corrected chi connectivity index (χ0v) is 13.6. The van der Waals surface area contributed by atoms with Crippen LogP contribution in [0.1, 0.15) is 45.7 Å². The fourth-order valence-corrected chi connectivity index (χ4v) is 2.99. The van der Waals surface area contributed by atoms with Gasteiger partial charge in [-0.3, -0.25) is 4.79 Å². The van der Waals surface area contributed by atoms with Gasteiger partial charge in [-0.15, -0.1) is 0 Å². The summed E-state index contributed by atoms with van der Waals surface area (Å²) in [5.41, 5.74) is 1.37. The highest BCUT2D eigenvalue weighted by Crippen LogP contribution is 2.30. The van der Waals surface area contributed by atoms with Gasteiger partial charge in [-0.05, 0) is 29.9 Å². The highest BCUT2D eigenvalue weighted by Gasteiger charge is 2.31. The zero-order valence-electron chi connectivity index (χ0n) is 13.6. The molecular formula is C18H28N2O. The van der Waals surface area contributed by atoms with Gasteiger partial charge in [0.15, 0.2) is 0 Å². The molecule has 0 saturated carbocycles. The van der Waals surface area contributed by atoms with Gasteiger partial charge in [0.25, 0.3) is 0 Å². The molecule has 1 aromatic carbocycles. The van der Waals surface area contributed by atoms with E-state index in [0.29, 0.717) is 5.92 Å². The summed E-state index contributed by atoms with van der Waals surface area (Å²) in [5.74, 6) is 0.692. The highest BCUT2D eigenvalue weighted by atomic mass is 16.2. The molecule has 3 nitrogen and oxygen atoms in total. The van der Waals surface area contributed by atoms with Crippen molar-refractivity contribution in [3.63, 3.8) is 0 Å². The first-order chi connectivity index (χ1) is 9.87. The molecule has 1 fully saturated rings. The molecular weight excluding hydrogens is 260 g/mol. The highest BCUT2D eigenvalue weighted by molar-refractivity contribution is 5.80. The van der Waals surface area contributed by atoms with Crippen molar-refractivity contribution in [2.24, 2.45) is 17.3 Å². The summed E-state index contributed by atoms with van der Waals surface area (Å²) < 4.78 is 0. The Morgan fingerprint density at radius 3 is 2.48 bits per heavy atom. The minimum Gasteiger partial charge on any atom is -0.349 e. The molecule has 3 unspecified atom stereocenters. The monoisotopic (exact) mass is 288 g/mol. The quantitative estimate of drug-likeness (QED) is 0.893. The molecule has 1 aliphatic rings. The molecule has 1 aliphatic heterocycles. The van der Waals surface area contributed by atoms with Crippen molar-refractivity contribution in [1.29, 1.82) is 0 Å². The maximum absolute atomic E-state index is 12.6. The van der Waals surface area contributed by atoms with Crippen LogP contribution >= 0.6 is 0 Å². The molecule has 0 radical (unpaired) electrons. The second-order valence-electron chi connectivity index (χ2n) is 7.48. The molecule has 1 heterocycles. The third-order valence-electron chi connectivity index (χ3n) is 4.19. The summed E-state index contributed by atoms with van der Waals surface area (Å²) in [5, 5.41) is 6.59. The van der Waals surface area contributed by atoms with Crippen LogP contribution in [0, 0.1) is 17.3 Å². The maximum Gasteiger partial charge on any atom is 0.225 e. The van der Waals surface area contributed by atoms with Gasteiger partial charge in [0, 0.05) is 6.54 Å². The lowest BCUT2D eigenvalue weighted by molar-refractivity contribution is -0.126. The van der Waals surface area contributed by atoms with Crippen LogP contribution in [0.3, 0.4) is 0 Å². The van der Waals surface area contributed by atoms with E-state index in [-0.39, 0.29) is 23.3 Å². The van der Waals surface area contributed by atoms with Gasteiger partial charge in [0.2, 0.25) is 5.91 Å². The van der Waals surface area contributed by atoms with Gasteiger partial charge < -0.3 is 10.6 Å². The molecule has 1 aromatic rings. The third-order valence-corrected chi connectivity index (χ3v) is 4.19. The Hall–Kier alpha value is -1.35. The lowest BCUT2D eigenvalue weighted by Gasteiger charge is -2.28. The Kier molecular flexibility index (Phi) is 5.04. The lowest BCUT2D eigenvalue weighted by atomic mass is 9.85. The Morgan fingerprint density at radius 2 is 1.95 bits per heavy atom. The summed E-state index contributed by atoms with van der Waals surface area (Å²) >= 11 is 0. The topological polar surface area (TPSA) is 41.1 Å². The van der Waals surface area contributed by atoms with E-state index in [1.165, 1.54) is 5.56 Å². The van der Waals surface area contributed by atoms with Crippen molar-refractivity contribution < 1.29 is 4.79 Å². The Bertz CT molecular complexity index is 464. The van der Waals surface area contributed by atoms with E-state index in [1.54, 1.807) is 0 Å². The smallest absolute Gasteiger partial charge is 0.225 e. The number of amides is 1. The van der Waals surface area contributed by atoms with E-state index < -0.39 is 0 Å². The Labute approximate surface area is 128 Å². The molecule has 116 valence electrons. The molecule has 1 saturated heterocycles. The van der Waals surface area contributed by atoms with Crippen molar-refractivity contribution >= 4 is 5.91 Å². The normalized spacial score (nSPS) is 23.8. The minimum absolute atomic E-state index is 0.0894. The number of carbonyl (C=O) groups excluding carboxylic acids is 1. The lowest BCUT2D eigenvalue weighted by Crippen LogP contribution is -2.38. The van der Waals surface area contributed by atoms with Crippen LogP contribution in [0.25, 0.3) is 0 Å². The maximum atomic E-state index is 12.6. The summed E-state index contributed by atoms with van der Waals surface area (Å²) in [7, 11) is 0. The average Bonchev–Trinajstić information content (AvgIpc) is 2.84. The molecule has 3 atom stereocenters. The Morgan fingerprint density at radius 1 is 1.29 bits per heavy atom. The number of rotatable bonds is 4. The van der Waals surface area contributed by atoms with Crippen LogP contribution in [0.5, 0.6) is 0 Å². The van der Waals surface area contributed by atoms with Gasteiger partial charge >= 0.3 is 0 Å². The molecule has 0 bridgehead atoms. The van der Waals surface area contributed by atoms with E-state index in [1.807, 2.05) is 18.2 Å². The Balaban J connectivity index is 2.10. The number of benzene rings is 1. The SMILES string of the molecule is CC1CNCC1C(=O)NC(CC(C)(C)C)c1ccccc1. The van der Waals surface area contributed by atoms with Crippen molar-refractivity contribution in [3.8, 4) is 0 Å². The van der Waals surface area contributed by atoms with Gasteiger partial charge in [0.05, 0.1) is 12.0 Å². The average molecular weight is 288 g/mol. The fraction of sp³-hybridized carbons (Fsp3) is 0.611. The van der Waals surface area contributed by atoms with Crippen LogP contribution in [-0.4, -0.2) is 19.0 Å². The summed E-state index contributed by atoms with van der Waals surface area (Å²) in [6.07, 6.45) is 0.942. The van der Waals surface area contributed by atoms with E-state index in [2.05, 4.69) is 50.5 Å². The van der Waals surface area contributed by atoms with Crippen molar-refractivity contribution in [2.45, 2.75) is 40.2 Å². The summed E-state index contributed by atoms with van der Waals surface area (Å²) in [6.45, 7) is 10.5. The van der Waals surface area contributed by atoms with Gasteiger partial charge in [-0.25, -0.2) is 0 Å². The van der Waals surface area contributed by atoms with Crippen LogP contribution in [-0.2, 0) is 4.79 Å². The minimum atomic E-state index is 0.0894. The predicted octanol–water partition coefficient (Wildman–Crippen LogP) is 3.14. The summed E-state index contributed by atoms with van der Waals surface area (Å²) in [6, 6.07) is 10.4. The predicted molar refractivity (Wildman–Crippen MR) is 86.9 cm³/mol. The van der Waals surface area contributed by atoms with Gasteiger partial charge in [-0.2, -0.15) is 0 Å². The number of nitrogens with one attached hydrogen (secondary N) is 2. The number of hydrogen-bond donors (Lipinski definition) is 2. The van der Waals surface area contributed by atoms with Crippen molar-refractivity contribution in [3.05, 3.63) is 35.9 Å². The first kappa shape index (κ1) is 16.0. The molecule has 21 heavy (non-hydrogen) atoms. The second-order valence-corrected chi connectivity index (χ2v) is 7.48. The largest absolute Gasteiger partial charge is 0.349 e. The molecule has 0 aliphatic carbocycles. The molecule has 2 N–H and O–H groups in total. The zero-order chi connectivity index (χ0) is 15.5. The van der Waals surface area contributed by atoms with Crippen LogP contribution < -0.4 is 10.6 Å². The van der Waals surface area contributed by atoms with Gasteiger partial charge in [-0.1, -0.05) is 58.0 Å². The number of hydrogen-bond acceptors (Lipinski definition) is 2. The molecule has 0 aromatic heterocycles. The van der Waals surface area contributed by atoms with Crippen LogP contribution in [0.15, 0.2) is 30.3 Å². The van der Waals surface area contributed by atoms with Gasteiger partial charge in [0.1, 0.15) is 0 Å². The molecule has 1 amide bonds. The van der Waals surface area contributed by atoms with Crippen molar-refractivity contribution in [2.75, 3.05) is 13.1 Å². The van der Waals surface area contributed by atoms with Crippen LogP contribution in [0.2, 0.25) is 0 Å². The van der Waals surface area contributed by atoms with Crippen LogP contribution in [0.4, 0.5) is 0 Å². The first-order valence-electron chi connectivity index (χ1n) is 7.93. The standard InChI is InChI=1S/C18H28N2O/c1-13-11-19-12-15(13)17(21)20-16(10-18(2,3)4)14-8-6-5-7-9-14/h5-9,13,15-16,19H,10-12H2,1-4H3,(H,20,21). The first-order valence-corrected chi connectivity index (χ1v) is 7.93. The van der Waals surface area contributed by atoms with Crippen molar-refractivity contribution in [1.82, 2.24) is 10.6 Å². The third kappa shape index (κ3) is 4.57. The second kappa shape index (κ2) is 6.61. The fourth-order valence-electron chi connectivity index (χ4n) is 2.99.